The van der Waals surface area contributed by atoms with Crippen LogP contribution in [0.4, 0.5) is 23.1 Å². The molecule has 7 heteroatoms. The first kappa shape index (κ1) is 16.5. The van der Waals surface area contributed by atoms with Gasteiger partial charge in [-0.15, -0.1) is 5.10 Å². The highest BCUT2D eigenvalue weighted by Crippen LogP contribution is 2.27. The zero-order valence-electron chi connectivity index (χ0n) is 12.9. The van der Waals surface area contributed by atoms with E-state index in [1.165, 1.54) is 5.56 Å². The normalized spacial score (nSPS) is 10.5. The minimum Gasteiger partial charge on any atom is -0.339 e. The van der Waals surface area contributed by atoms with Crippen LogP contribution in [0.5, 0.6) is 0 Å². The lowest BCUT2D eigenvalue weighted by atomic mass is 10.1. The number of benzene rings is 2. The van der Waals surface area contributed by atoms with Gasteiger partial charge in [0.05, 0.1) is 16.9 Å². The highest BCUT2D eigenvalue weighted by Gasteiger charge is 2.07. The van der Waals surface area contributed by atoms with Crippen LogP contribution in [0.3, 0.4) is 0 Å². The molecule has 1 aromatic heterocycles. The Morgan fingerprint density at radius 3 is 2.67 bits per heavy atom. The van der Waals surface area contributed by atoms with E-state index in [4.69, 9.17) is 23.2 Å². The fourth-order valence-electron chi connectivity index (χ4n) is 2.22. The van der Waals surface area contributed by atoms with Gasteiger partial charge in [0.25, 0.3) is 0 Å². The van der Waals surface area contributed by atoms with Crippen molar-refractivity contribution in [1.82, 2.24) is 15.2 Å². The molecule has 122 valence electrons. The van der Waals surface area contributed by atoms with E-state index in [1.54, 1.807) is 24.4 Å². The molecule has 2 N–H and O–H groups in total. The molecule has 1 heterocycles. The molecule has 0 aliphatic heterocycles. The number of para-hydroxylation sites is 1. The first-order valence-corrected chi connectivity index (χ1v) is 8.18. The van der Waals surface area contributed by atoms with E-state index in [0.29, 0.717) is 27.5 Å². The standard InChI is InChI=1S/C17H15Cl2N5/c1-2-11-5-3-4-6-14(11)21-16-10-20-24-17(23-16)22-15-9-12(18)7-8-13(15)19/h3-10H,2H2,1H3,(H2,21,22,23,24). The molecule has 0 bridgehead atoms. The SMILES string of the molecule is CCc1ccccc1Nc1cnnc(Nc2cc(Cl)ccc2Cl)n1. The van der Waals surface area contributed by atoms with Crippen LogP contribution in [-0.2, 0) is 6.42 Å². The fourth-order valence-corrected chi connectivity index (χ4v) is 2.56. The van der Waals surface area contributed by atoms with Crippen molar-refractivity contribution in [1.29, 1.82) is 0 Å². The van der Waals surface area contributed by atoms with Crippen molar-refractivity contribution < 1.29 is 0 Å². The van der Waals surface area contributed by atoms with E-state index in [1.807, 2.05) is 18.2 Å². The van der Waals surface area contributed by atoms with Crippen molar-refractivity contribution in [2.24, 2.45) is 0 Å². The molecule has 24 heavy (non-hydrogen) atoms. The fraction of sp³-hybridized carbons (Fsp3) is 0.118. The van der Waals surface area contributed by atoms with Gasteiger partial charge in [-0.05, 0) is 36.2 Å². The molecular formula is C17H15Cl2N5. The summed E-state index contributed by atoms with van der Waals surface area (Å²) in [5.74, 6) is 0.921. The number of aromatic nitrogens is 3. The van der Waals surface area contributed by atoms with Gasteiger partial charge >= 0.3 is 0 Å². The first-order chi connectivity index (χ1) is 11.7. The lowest BCUT2D eigenvalue weighted by molar-refractivity contribution is 0.981. The Morgan fingerprint density at radius 2 is 1.83 bits per heavy atom. The molecule has 0 saturated carbocycles. The molecule has 5 nitrogen and oxygen atoms in total. The maximum Gasteiger partial charge on any atom is 0.249 e. The Labute approximate surface area is 150 Å². The molecule has 3 aromatic rings. The summed E-state index contributed by atoms with van der Waals surface area (Å²) in [4.78, 5) is 4.41. The lowest BCUT2D eigenvalue weighted by Gasteiger charge is -2.11. The summed E-state index contributed by atoms with van der Waals surface area (Å²) in [6.07, 6.45) is 2.49. The van der Waals surface area contributed by atoms with Gasteiger partial charge in [-0.2, -0.15) is 10.1 Å². The molecule has 0 saturated heterocycles. The largest absolute Gasteiger partial charge is 0.339 e. The summed E-state index contributed by atoms with van der Waals surface area (Å²) >= 11 is 12.1. The first-order valence-electron chi connectivity index (χ1n) is 7.42. The molecule has 2 aromatic carbocycles. The molecule has 0 aliphatic carbocycles. The second kappa shape index (κ2) is 7.47. The zero-order valence-corrected chi connectivity index (χ0v) is 14.4. The Balaban J connectivity index is 1.83. The number of aryl methyl sites for hydroxylation is 1. The van der Waals surface area contributed by atoms with E-state index in [9.17, 15) is 0 Å². The second-order valence-corrected chi connectivity index (χ2v) is 5.89. The van der Waals surface area contributed by atoms with Gasteiger partial charge < -0.3 is 10.6 Å². The van der Waals surface area contributed by atoms with E-state index in [2.05, 4.69) is 38.8 Å². The van der Waals surface area contributed by atoms with Gasteiger partial charge in [0.15, 0.2) is 5.82 Å². The molecule has 0 amide bonds. The average Bonchev–Trinajstić information content (AvgIpc) is 2.59. The minimum absolute atomic E-state index is 0.332. The predicted octanol–water partition coefficient (Wildman–Crippen LogP) is 5.23. The third-order valence-electron chi connectivity index (χ3n) is 3.39. The number of nitrogens with one attached hydrogen (secondary N) is 2. The van der Waals surface area contributed by atoms with Crippen molar-refractivity contribution in [3.05, 3.63) is 64.3 Å². The van der Waals surface area contributed by atoms with Crippen molar-refractivity contribution in [2.45, 2.75) is 13.3 Å². The van der Waals surface area contributed by atoms with Crippen LogP contribution in [0.1, 0.15) is 12.5 Å². The monoisotopic (exact) mass is 359 g/mol. The van der Waals surface area contributed by atoms with E-state index < -0.39 is 0 Å². The van der Waals surface area contributed by atoms with Crippen molar-refractivity contribution in [3.63, 3.8) is 0 Å². The summed E-state index contributed by atoms with van der Waals surface area (Å²) in [6, 6.07) is 13.2. The Morgan fingerprint density at radius 1 is 1.00 bits per heavy atom. The molecule has 0 spiro atoms. The number of halogens is 2. The molecule has 3 rings (SSSR count). The summed E-state index contributed by atoms with van der Waals surface area (Å²) in [5, 5.41) is 15.3. The van der Waals surface area contributed by atoms with Crippen LogP contribution >= 0.6 is 23.2 Å². The summed E-state index contributed by atoms with van der Waals surface area (Å²) < 4.78 is 0. The highest BCUT2D eigenvalue weighted by atomic mass is 35.5. The zero-order chi connectivity index (χ0) is 16.9. The molecule has 0 atom stereocenters. The summed E-state index contributed by atoms with van der Waals surface area (Å²) in [5.41, 5.74) is 2.81. The van der Waals surface area contributed by atoms with Gasteiger partial charge in [-0.25, -0.2) is 0 Å². The smallest absolute Gasteiger partial charge is 0.249 e. The van der Waals surface area contributed by atoms with Crippen LogP contribution in [0.2, 0.25) is 10.0 Å². The van der Waals surface area contributed by atoms with Crippen molar-refractivity contribution >= 4 is 46.3 Å². The van der Waals surface area contributed by atoms with Gasteiger partial charge in [0.2, 0.25) is 5.95 Å². The predicted molar refractivity (Wildman–Crippen MR) is 98.7 cm³/mol. The minimum atomic E-state index is 0.332. The highest BCUT2D eigenvalue weighted by molar-refractivity contribution is 6.35. The van der Waals surface area contributed by atoms with Crippen LogP contribution < -0.4 is 10.6 Å². The topological polar surface area (TPSA) is 62.7 Å². The van der Waals surface area contributed by atoms with Gasteiger partial charge in [0.1, 0.15) is 0 Å². The van der Waals surface area contributed by atoms with Gasteiger partial charge in [-0.3, -0.25) is 0 Å². The Bertz CT molecular complexity index is 854. The second-order valence-electron chi connectivity index (χ2n) is 5.05. The number of nitrogens with zero attached hydrogens (tertiary/aromatic N) is 3. The molecule has 0 unspecified atom stereocenters. The van der Waals surface area contributed by atoms with Crippen molar-refractivity contribution in [3.8, 4) is 0 Å². The molecule has 0 radical (unpaired) electrons. The van der Waals surface area contributed by atoms with Crippen LogP contribution in [-0.4, -0.2) is 15.2 Å². The number of rotatable bonds is 5. The van der Waals surface area contributed by atoms with Crippen molar-refractivity contribution in [2.75, 3.05) is 10.6 Å². The average molecular weight is 360 g/mol. The third kappa shape index (κ3) is 3.93. The molecular weight excluding hydrogens is 345 g/mol. The number of hydrogen-bond donors (Lipinski definition) is 2. The third-order valence-corrected chi connectivity index (χ3v) is 3.96. The molecule has 0 aliphatic rings. The number of hydrogen-bond acceptors (Lipinski definition) is 5. The van der Waals surface area contributed by atoms with Crippen LogP contribution in [0, 0.1) is 0 Å². The summed E-state index contributed by atoms with van der Waals surface area (Å²) in [6.45, 7) is 2.10. The lowest BCUT2D eigenvalue weighted by Crippen LogP contribution is -2.03. The van der Waals surface area contributed by atoms with Gasteiger partial charge in [-0.1, -0.05) is 48.3 Å². The maximum absolute atomic E-state index is 6.14. The van der Waals surface area contributed by atoms with Gasteiger partial charge in [0, 0.05) is 10.7 Å². The van der Waals surface area contributed by atoms with E-state index >= 15 is 0 Å². The summed E-state index contributed by atoms with van der Waals surface area (Å²) in [7, 11) is 0. The quantitative estimate of drug-likeness (QED) is 0.653. The molecule has 0 fully saturated rings. The van der Waals surface area contributed by atoms with Crippen LogP contribution in [0.15, 0.2) is 48.7 Å². The van der Waals surface area contributed by atoms with Crippen LogP contribution in [0.25, 0.3) is 0 Å². The Kier molecular flexibility index (Phi) is 5.13. The van der Waals surface area contributed by atoms with E-state index in [0.717, 1.165) is 12.1 Å². The van der Waals surface area contributed by atoms with E-state index in [-0.39, 0.29) is 0 Å². The Hall–Kier alpha value is -2.37. The maximum atomic E-state index is 6.14. The number of anilines is 4.